The molecule has 0 fully saturated rings. The molecule has 35 heavy (non-hydrogen) atoms. The average Bonchev–Trinajstić information content (AvgIpc) is 3.23. The van der Waals surface area contributed by atoms with Gasteiger partial charge in [-0.1, -0.05) is 54.5 Å². The van der Waals surface area contributed by atoms with Crippen molar-refractivity contribution in [1.29, 1.82) is 5.26 Å². The van der Waals surface area contributed by atoms with Gasteiger partial charge >= 0.3 is 0 Å². The summed E-state index contributed by atoms with van der Waals surface area (Å²) in [5.41, 5.74) is 5.18. The fourth-order valence-corrected chi connectivity index (χ4v) is 4.02. The number of hydrogen-bond acceptors (Lipinski definition) is 6. The van der Waals surface area contributed by atoms with Gasteiger partial charge in [0.15, 0.2) is 0 Å². The molecule has 0 aliphatic carbocycles. The zero-order valence-corrected chi connectivity index (χ0v) is 19.9. The standard InChI is InChI=1S/C28H27N5O2/c1-18(22-11-9-21(15-29)10-12-22)16-31-27(23-7-5-4-6-8-23)28(34)32-25-14-13-24(17-30-25)26-19(2)33-35-20(26)3/h4-14,17-18,27,31H,16H2,1-3H3,(H,30,32,34). The summed E-state index contributed by atoms with van der Waals surface area (Å²) in [4.78, 5) is 17.7. The first-order chi connectivity index (χ1) is 17.0. The predicted molar refractivity (Wildman–Crippen MR) is 135 cm³/mol. The largest absolute Gasteiger partial charge is 0.361 e. The summed E-state index contributed by atoms with van der Waals surface area (Å²) in [7, 11) is 0. The van der Waals surface area contributed by atoms with Crippen LogP contribution in [-0.4, -0.2) is 22.6 Å². The first kappa shape index (κ1) is 23.9. The van der Waals surface area contributed by atoms with Crippen LogP contribution in [0.4, 0.5) is 5.82 Å². The number of aromatic nitrogens is 2. The minimum Gasteiger partial charge on any atom is -0.361 e. The second-order valence-electron chi connectivity index (χ2n) is 8.51. The molecule has 176 valence electrons. The van der Waals surface area contributed by atoms with E-state index < -0.39 is 6.04 Å². The Kier molecular flexibility index (Phi) is 7.34. The third-order valence-electron chi connectivity index (χ3n) is 5.97. The highest BCUT2D eigenvalue weighted by Gasteiger charge is 2.22. The summed E-state index contributed by atoms with van der Waals surface area (Å²) >= 11 is 0. The molecule has 2 N–H and O–H groups in total. The number of nitrogens with one attached hydrogen (secondary N) is 2. The number of rotatable bonds is 8. The summed E-state index contributed by atoms with van der Waals surface area (Å²) in [6.45, 7) is 6.41. The van der Waals surface area contributed by atoms with Gasteiger partial charge in [0, 0.05) is 23.9 Å². The normalized spacial score (nSPS) is 12.5. The van der Waals surface area contributed by atoms with E-state index in [9.17, 15) is 4.79 Å². The number of pyridine rings is 1. The molecule has 0 aliphatic heterocycles. The number of amides is 1. The monoisotopic (exact) mass is 465 g/mol. The predicted octanol–water partition coefficient (Wildman–Crippen LogP) is 5.30. The lowest BCUT2D eigenvalue weighted by Gasteiger charge is -2.21. The Labute approximate surface area is 204 Å². The highest BCUT2D eigenvalue weighted by molar-refractivity contribution is 5.95. The average molecular weight is 466 g/mol. The molecule has 2 atom stereocenters. The van der Waals surface area contributed by atoms with E-state index in [0.717, 1.165) is 33.7 Å². The molecule has 7 heteroatoms. The number of carbonyl (C=O) groups is 1. The minimum absolute atomic E-state index is 0.147. The van der Waals surface area contributed by atoms with Crippen LogP contribution in [0, 0.1) is 25.2 Å². The topological polar surface area (TPSA) is 104 Å². The van der Waals surface area contributed by atoms with E-state index in [2.05, 4.69) is 33.8 Å². The molecule has 0 saturated carbocycles. The van der Waals surface area contributed by atoms with E-state index in [0.29, 0.717) is 17.9 Å². The summed E-state index contributed by atoms with van der Waals surface area (Å²) in [5, 5.41) is 19.3. The van der Waals surface area contributed by atoms with E-state index in [1.807, 2.05) is 74.5 Å². The van der Waals surface area contributed by atoms with Crippen LogP contribution < -0.4 is 10.6 Å². The maximum absolute atomic E-state index is 13.3. The van der Waals surface area contributed by atoms with Crippen molar-refractivity contribution < 1.29 is 9.32 Å². The Morgan fingerprint density at radius 3 is 2.37 bits per heavy atom. The Bertz CT molecular complexity index is 1300. The molecule has 0 aliphatic rings. The number of carbonyl (C=O) groups excluding carboxylic acids is 1. The van der Waals surface area contributed by atoms with Crippen LogP contribution in [0.15, 0.2) is 77.4 Å². The summed E-state index contributed by atoms with van der Waals surface area (Å²) in [6.07, 6.45) is 1.71. The van der Waals surface area contributed by atoms with Gasteiger partial charge in [-0.05, 0) is 55.2 Å². The third kappa shape index (κ3) is 5.62. The van der Waals surface area contributed by atoms with Gasteiger partial charge in [-0.2, -0.15) is 5.26 Å². The van der Waals surface area contributed by atoms with Crippen LogP contribution in [0.5, 0.6) is 0 Å². The van der Waals surface area contributed by atoms with Gasteiger partial charge in [0.2, 0.25) is 5.91 Å². The lowest BCUT2D eigenvalue weighted by Crippen LogP contribution is -2.35. The smallest absolute Gasteiger partial charge is 0.247 e. The second-order valence-corrected chi connectivity index (χ2v) is 8.51. The van der Waals surface area contributed by atoms with Crippen LogP contribution >= 0.6 is 0 Å². The minimum atomic E-state index is -0.555. The maximum atomic E-state index is 13.3. The van der Waals surface area contributed by atoms with Crippen molar-refractivity contribution in [2.24, 2.45) is 0 Å². The van der Waals surface area contributed by atoms with E-state index in [1.165, 1.54) is 0 Å². The molecule has 2 aromatic heterocycles. The lowest BCUT2D eigenvalue weighted by atomic mass is 9.98. The van der Waals surface area contributed by atoms with Crippen molar-refractivity contribution in [3.8, 4) is 17.2 Å². The molecule has 2 unspecified atom stereocenters. The van der Waals surface area contributed by atoms with Crippen LogP contribution in [0.1, 0.15) is 47.0 Å². The highest BCUT2D eigenvalue weighted by atomic mass is 16.5. The number of nitrogens with zero attached hydrogens (tertiary/aromatic N) is 3. The number of hydrogen-bond donors (Lipinski definition) is 2. The number of aryl methyl sites for hydroxylation is 2. The molecule has 2 heterocycles. The van der Waals surface area contributed by atoms with Crippen molar-refractivity contribution in [1.82, 2.24) is 15.5 Å². The van der Waals surface area contributed by atoms with Gasteiger partial charge < -0.3 is 15.2 Å². The van der Waals surface area contributed by atoms with Crippen molar-refractivity contribution in [2.75, 3.05) is 11.9 Å². The third-order valence-corrected chi connectivity index (χ3v) is 5.97. The Balaban J connectivity index is 1.47. The molecule has 4 aromatic rings. The zero-order valence-electron chi connectivity index (χ0n) is 19.9. The fraction of sp³-hybridized carbons (Fsp3) is 0.214. The summed E-state index contributed by atoms with van der Waals surface area (Å²) < 4.78 is 5.24. The molecule has 7 nitrogen and oxygen atoms in total. The molecule has 0 radical (unpaired) electrons. The Morgan fingerprint density at radius 2 is 1.77 bits per heavy atom. The van der Waals surface area contributed by atoms with Gasteiger partial charge in [0.05, 0.1) is 17.3 Å². The lowest BCUT2D eigenvalue weighted by molar-refractivity contribution is -0.118. The first-order valence-corrected chi connectivity index (χ1v) is 11.4. The molecular formula is C28H27N5O2. The van der Waals surface area contributed by atoms with Crippen molar-refractivity contribution in [3.63, 3.8) is 0 Å². The molecule has 2 aromatic carbocycles. The van der Waals surface area contributed by atoms with Gasteiger partial charge in [0.25, 0.3) is 0 Å². The van der Waals surface area contributed by atoms with E-state index in [1.54, 1.807) is 12.3 Å². The van der Waals surface area contributed by atoms with Crippen LogP contribution in [0.2, 0.25) is 0 Å². The van der Waals surface area contributed by atoms with E-state index >= 15 is 0 Å². The van der Waals surface area contributed by atoms with Crippen LogP contribution in [-0.2, 0) is 4.79 Å². The Morgan fingerprint density at radius 1 is 1.03 bits per heavy atom. The summed E-state index contributed by atoms with van der Waals surface area (Å²) in [5.74, 6) is 1.15. The van der Waals surface area contributed by atoms with Gasteiger partial charge in [-0.3, -0.25) is 4.79 Å². The van der Waals surface area contributed by atoms with Crippen molar-refractivity contribution >= 4 is 11.7 Å². The van der Waals surface area contributed by atoms with Gasteiger partial charge in [-0.25, -0.2) is 4.98 Å². The SMILES string of the molecule is Cc1noc(C)c1-c1ccc(NC(=O)C(NCC(C)c2ccc(C#N)cc2)c2ccccc2)nc1. The van der Waals surface area contributed by atoms with Crippen molar-refractivity contribution in [2.45, 2.75) is 32.7 Å². The molecule has 0 saturated heterocycles. The van der Waals surface area contributed by atoms with E-state index in [-0.39, 0.29) is 11.8 Å². The van der Waals surface area contributed by atoms with Crippen LogP contribution in [0.3, 0.4) is 0 Å². The highest BCUT2D eigenvalue weighted by Crippen LogP contribution is 2.27. The molecular weight excluding hydrogens is 438 g/mol. The molecule has 4 rings (SSSR count). The first-order valence-electron chi connectivity index (χ1n) is 11.4. The maximum Gasteiger partial charge on any atom is 0.247 e. The zero-order chi connectivity index (χ0) is 24.8. The van der Waals surface area contributed by atoms with Gasteiger partial charge in [-0.15, -0.1) is 0 Å². The quantitative estimate of drug-likeness (QED) is 0.366. The molecule has 0 spiro atoms. The van der Waals surface area contributed by atoms with Gasteiger partial charge in [0.1, 0.15) is 17.6 Å². The second kappa shape index (κ2) is 10.8. The Hall–Kier alpha value is -4.28. The number of anilines is 1. The van der Waals surface area contributed by atoms with Crippen LogP contribution in [0.25, 0.3) is 11.1 Å². The van der Waals surface area contributed by atoms with E-state index in [4.69, 9.17) is 9.78 Å². The summed E-state index contributed by atoms with van der Waals surface area (Å²) in [6, 6.07) is 22.4. The van der Waals surface area contributed by atoms with Crippen molar-refractivity contribution in [3.05, 3.63) is 101 Å². The number of nitriles is 1. The molecule has 1 amide bonds. The molecule has 0 bridgehead atoms. The number of benzene rings is 2. The fourth-order valence-electron chi connectivity index (χ4n) is 4.02.